The van der Waals surface area contributed by atoms with Crippen molar-refractivity contribution >= 4 is 28.1 Å². The monoisotopic (exact) mass is 329 g/mol. The molecule has 0 unspecified atom stereocenters. The average Bonchev–Trinajstić information content (AvgIpc) is 2.35. The molecule has 1 aromatic carbocycles. The fraction of sp³-hybridized carbons (Fsp3) is 0.333. The first kappa shape index (κ1) is 18.5. The highest BCUT2D eigenvalue weighted by atomic mass is 35.5. The molecule has 0 aliphatic rings. The number of benzene rings is 1. The number of hydrogen-bond donors (Lipinski definition) is 2. The van der Waals surface area contributed by atoms with Crippen molar-refractivity contribution in [2.75, 3.05) is 20.2 Å². The third-order valence-corrected chi connectivity index (χ3v) is 3.59. The summed E-state index contributed by atoms with van der Waals surface area (Å²) in [7, 11) is -3.01. The Morgan fingerprint density at radius 3 is 2.55 bits per heavy atom. The Balaban J connectivity index is 0.00000361. The second-order valence-electron chi connectivity index (χ2n) is 3.40. The molecule has 1 aromatic rings. The standard InChI is InChI=1S/C9H12FN3O5S.ClH/c1-18-9-7(10)4-6(5-8(9)13(14)15)19(16,17)12-3-2-11;/h4-5,12H,2-3,11H2,1H3;1H. The lowest BCUT2D eigenvalue weighted by molar-refractivity contribution is -0.386. The molecule has 0 amide bonds. The van der Waals surface area contributed by atoms with Gasteiger partial charge >= 0.3 is 5.69 Å². The molecule has 0 spiro atoms. The molecule has 0 saturated carbocycles. The Kier molecular flexibility index (Phi) is 6.79. The van der Waals surface area contributed by atoms with Crippen LogP contribution in [0.2, 0.25) is 0 Å². The normalized spacial score (nSPS) is 10.8. The van der Waals surface area contributed by atoms with Crippen molar-refractivity contribution in [2.45, 2.75) is 4.90 Å². The minimum absolute atomic E-state index is 0. The Morgan fingerprint density at radius 1 is 1.50 bits per heavy atom. The van der Waals surface area contributed by atoms with Crippen LogP contribution in [0.25, 0.3) is 0 Å². The average molecular weight is 330 g/mol. The van der Waals surface area contributed by atoms with Gasteiger partial charge in [0.05, 0.1) is 16.9 Å². The molecule has 8 nitrogen and oxygen atoms in total. The van der Waals surface area contributed by atoms with Crippen LogP contribution in [0.1, 0.15) is 0 Å². The minimum atomic E-state index is -4.06. The van der Waals surface area contributed by atoms with Crippen molar-refractivity contribution in [3.8, 4) is 5.75 Å². The number of nitrogens with one attached hydrogen (secondary N) is 1. The van der Waals surface area contributed by atoms with Crippen molar-refractivity contribution in [1.82, 2.24) is 4.72 Å². The number of nitrogens with zero attached hydrogens (tertiary/aromatic N) is 1. The predicted octanol–water partition coefficient (Wildman–Crippen LogP) is 0.401. The van der Waals surface area contributed by atoms with Crippen molar-refractivity contribution in [3.05, 3.63) is 28.1 Å². The molecule has 0 saturated heterocycles. The molecule has 0 radical (unpaired) electrons. The maximum atomic E-state index is 13.6. The van der Waals surface area contributed by atoms with E-state index in [2.05, 4.69) is 9.46 Å². The van der Waals surface area contributed by atoms with Crippen molar-refractivity contribution in [1.29, 1.82) is 0 Å². The van der Waals surface area contributed by atoms with Gasteiger partial charge in [0.25, 0.3) is 0 Å². The van der Waals surface area contributed by atoms with E-state index in [-0.39, 0.29) is 25.5 Å². The highest BCUT2D eigenvalue weighted by molar-refractivity contribution is 7.89. The van der Waals surface area contributed by atoms with E-state index >= 15 is 0 Å². The van der Waals surface area contributed by atoms with Crippen LogP contribution in [0.15, 0.2) is 17.0 Å². The highest BCUT2D eigenvalue weighted by Gasteiger charge is 2.25. The molecule has 3 N–H and O–H groups in total. The van der Waals surface area contributed by atoms with Crippen LogP contribution in [-0.4, -0.2) is 33.5 Å². The highest BCUT2D eigenvalue weighted by Crippen LogP contribution is 2.32. The fourth-order valence-electron chi connectivity index (χ4n) is 1.32. The SMILES string of the molecule is COc1c(F)cc(S(=O)(=O)NCCN)cc1[N+](=O)[O-].Cl. The molecular formula is C9H13ClFN3O5S. The summed E-state index contributed by atoms with van der Waals surface area (Å²) in [5, 5.41) is 10.7. The van der Waals surface area contributed by atoms with Crippen molar-refractivity contribution in [3.63, 3.8) is 0 Å². The number of hydrogen-bond acceptors (Lipinski definition) is 6. The van der Waals surface area contributed by atoms with E-state index in [1.807, 2.05) is 0 Å². The van der Waals surface area contributed by atoms with E-state index in [1.54, 1.807) is 0 Å². The molecule has 0 bridgehead atoms. The number of nitrogens with two attached hydrogens (primary N) is 1. The topological polar surface area (TPSA) is 125 Å². The Hall–Kier alpha value is -1.49. The van der Waals surface area contributed by atoms with Gasteiger partial charge in [-0.1, -0.05) is 0 Å². The number of methoxy groups -OCH3 is 1. The molecule has 0 fully saturated rings. The summed E-state index contributed by atoms with van der Waals surface area (Å²) in [6.45, 7) is -0.0241. The van der Waals surface area contributed by atoms with Gasteiger partial charge in [0, 0.05) is 19.2 Å². The zero-order valence-electron chi connectivity index (χ0n) is 10.3. The summed E-state index contributed by atoms with van der Waals surface area (Å²) in [6, 6.07) is 1.37. The van der Waals surface area contributed by atoms with Crippen LogP contribution in [0.4, 0.5) is 10.1 Å². The van der Waals surface area contributed by atoms with Gasteiger partial charge in [0.2, 0.25) is 15.8 Å². The first-order chi connectivity index (χ1) is 8.83. The van der Waals surface area contributed by atoms with Crippen molar-refractivity contribution in [2.24, 2.45) is 5.73 Å². The smallest absolute Gasteiger partial charge is 0.315 e. The van der Waals surface area contributed by atoms with Crippen LogP contribution < -0.4 is 15.2 Å². The molecule has 1 rings (SSSR count). The van der Waals surface area contributed by atoms with Gasteiger partial charge in [-0.15, -0.1) is 12.4 Å². The Morgan fingerprint density at radius 2 is 2.10 bits per heavy atom. The van der Waals surface area contributed by atoms with Gasteiger partial charge in [-0.05, 0) is 6.07 Å². The number of nitro groups is 1. The van der Waals surface area contributed by atoms with E-state index in [1.165, 1.54) is 0 Å². The third kappa shape index (κ3) is 4.00. The van der Waals surface area contributed by atoms with Crippen LogP contribution >= 0.6 is 12.4 Å². The summed E-state index contributed by atoms with van der Waals surface area (Å²) in [6.07, 6.45) is 0. The number of rotatable bonds is 6. The quantitative estimate of drug-likeness (QED) is 0.575. The number of sulfonamides is 1. The third-order valence-electron chi connectivity index (χ3n) is 2.15. The summed E-state index contributed by atoms with van der Waals surface area (Å²) in [4.78, 5) is 9.26. The molecule has 20 heavy (non-hydrogen) atoms. The molecule has 114 valence electrons. The van der Waals surface area contributed by atoms with Crippen LogP contribution in [-0.2, 0) is 10.0 Å². The lowest BCUT2D eigenvalue weighted by atomic mass is 10.3. The van der Waals surface area contributed by atoms with Crippen LogP contribution in [0.3, 0.4) is 0 Å². The molecular weight excluding hydrogens is 317 g/mol. The first-order valence-electron chi connectivity index (χ1n) is 5.05. The lowest BCUT2D eigenvalue weighted by Gasteiger charge is -2.08. The second kappa shape index (κ2) is 7.33. The summed E-state index contributed by atoms with van der Waals surface area (Å²) < 4.78 is 43.6. The molecule has 0 aromatic heterocycles. The first-order valence-corrected chi connectivity index (χ1v) is 6.53. The van der Waals surface area contributed by atoms with Gasteiger partial charge in [-0.25, -0.2) is 17.5 Å². The number of halogens is 2. The Labute approximate surface area is 120 Å². The maximum Gasteiger partial charge on any atom is 0.315 e. The van der Waals surface area contributed by atoms with E-state index in [9.17, 15) is 22.9 Å². The number of nitro benzene ring substituents is 1. The Bertz CT molecular complexity index is 595. The molecule has 0 atom stereocenters. The van der Waals surface area contributed by atoms with Crippen molar-refractivity contribution < 1.29 is 22.5 Å². The van der Waals surface area contributed by atoms with E-state index < -0.39 is 37.1 Å². The maximum absolute atomic E-state index is 13.6. The van der Waals surface area contributed by atoms with E-state index in [4.69, 9.17) is 5.73 Å². The molecule has 0 aliphatic heterocycles. The lowest BCUT2D eigenvalue weighted by Crippen LogP contribution is -2.29. The van der Waals surface area contributed by atoms with E-state index in [0.717, 1.165) is 13.2 Å². The molecule has 0 heterocycles. The zero-order chi connectivity index (χ0) is 14.6. The minimum Gasteiger partial charge on any atom is -0.488 e. The van der Waals surface area contributed by atoms with E-state index in [0.29, 0.717) is 6.07 Å². The van der Waals surface area contributed by atoms with Crippen LogP contribution in [0, 0.1) is 15.9 Å². The summed E-state index contributed by atoms with van der Waals surface area (Å²) in [5.41, 5.74) is 4.37. The predicted molar refractivity (Wildman–Crippen MR) is 71.1 cm³/mol. The molecule has 11 heteroatoms. The van der Waals surface area contributed by atoms with Gasteiger partial charge in [0.15, 0.2) is 5.82 Å². The second-order valence-corrected chi connectivity index (χ2v) is 5.17. The summed E-state index contributed by atoms with van der Waals surface area (Å²) in [5.74, 6) is -1.76. The number of ether oxygens (including phenoxy) is 1. The largest absolute Gasteiger partial charge is 0.488 e. The van der Waals surface area contributed by atoms with Gasteiger partial charge in [0.1, 0.15) is 0 Å². The summed E-state index contributed by atoms with van der Waals surface area (Å²) >= 11 is 0. The van der Waals surface area contributed by atoms with Gasteiger partial charge in [-0.3, -0.25) is 10.1 Å². The fourth-order valence-corrected chi connectivity index (χ4v) is 2.40. The molecule has 0 aliphatic carbocycles. The van der Waals surface area contributed by atoms with Gasteiger partial charge < -0.3 is 10.5 Å². The van der Waals surface area contributed by atoms with Gasteiger partial charge in [-0.2, -0.15) is 0 Å². The van der Waals surface area contributed by atoms with Crippen LogP contribution in [0.5, 0.6) is 5.75 Å². The zero-order valence-corrected chi connectivity index (χ0v) is 12.0.